The molecule has 30 heavy (non-hydrogen) atoms. The van der Waals surface area contributed by atoms with Gasteiger partial charge < -0.3 is 10.3 Å². The van der Waals surface area contributed by atoms with Crippen molar-refractivity contribution in [2.24, 2.45) is 17.8 Å². The van der Waals surface area contributed by atoms with Gasteiger partial charge in [-0.05, 0) is 67.9 Å². The van der Waals surface area contributed by atoms with E-state index in [1.165, 1.54) is 19.3 Å². The Morgan fingerprint density at radius 1 is 0.867 bits per heavy atom. The van der Waals surface area contributed by atoms with Crippen LogP contribution < -0.4 is 10.9 Å². The van der Waals surface area contributed by atoms with Crippen molar-refractivity contribution in [2.75, 3.05) is 0 Å². The second kappa shape index (κ2) is 6.56. The summed E-state index contributed by atoms with van der Waals surface area (Å²) in [7, 11) is 0. The molecule has 2 N–H and O–H groups in total. The zero-order valence-corrected chi connectivity index (χ0v) is 17.0. The van der Waals surface area contributed by atoms with Gasteiger partial charge in [0.25, 0.3) is 11.5 Å². The van der Waals surface area contributed by atoms with E-state index in [-0.39, 0.29) is 22.6 Å². The standard InChI is InChI=1S/C26H26N2O2/c29-24-23(25(30)28-26-13-16-10-17(14-26)12-18(11-16)15-26)22(19-6-2-1-3-7-19)20-8-4-5-9-21(20)27-24/h1-9,16-18H,10-15H2,(H,27,29)(H,28,30). The summed E-state index contributed by atoms with van der Waals surface area (Å²) in [6, 6.07) is 17.5. The molecule has 0 radical (unpaired) electrons. The summed E-state index contributed by atoms with van der Waals surface area (Å²) in [5.74, 6) is 1.99. The molecule has 4 bridgehead atoms. The maximum Gasteiger partial charge on any atom is 0.261 e. The van der Waals surface area contributed by atoms with Crippen molar-refractivity contribution in [1.82, 2.24) is 10.3 Å². The minimum absolute atomic E-state index is 0.127. The number of pyridine rings is 1. The molecule has 1 amide bonds. The molecule has 0 saturated heterocycles. The number of rotatable bonds is 3. The number of nitrogens with one attached hydrogen (secondary N) is 2. The molecule has 2 aromatic carbocycles. The molecule has 4 nitrogen and oxygen atoms in total. The monoisotopic (exact) mass is 398 g/mol. The molecule has 0 unspecified atom stereocenters. The summed E-state index contributed by atoms with van der Waals surface area (Å²) in [5.41, 5.74) is 2.20. The lowest BCUT2D eigenvalue weighted by Gasteiger charge is -2.56. The van der Waals surface area contributed by atoms with Crippen molar-refractivity contribution >= 4 is 16.8 Å². The molecule has 0 atom stereocenters. The van der Waals surface area contributed by atoms with Crippen LogP contribution in [0.15, 0.2) is 59.4 Å². The predicted molar refractivity (Wildman–Crippen MR) is 118 cm³/mol. The second-order valence-corrected chi connectivity index (χ2v) is 9.77. The van der Waals surface area contributed by atoms with Gasteiger partial charge in [-0.1, -0.05) is 48.5 Å². The van der Waals surface area contributed by atoms with E-state index in [1.807, 2.05) is 54.6 Å². The Labute approximate surface area is 175 Å². The third-order valence-corrected chi connectivity index (χ3v) is 7.63. The van der Waals surface area contributed by atoms with E-state index in [1.54, 1.807) is 0 Å². The Balaban J connectivity index is 1.47. The van der Waals surface area contributed by atoms with Crippen LogP contribution in [0.5, 0.6) is 0 Å². The fourth-order valence-corrected chi connectivity index (χ4v) is 6.93. The molecular weight excluding hydrogens is 372 g/mol. The topological polar surface area (TPSA) is 62.0 Å². The van der Waals surface area contributed by atoms with Crippen LogP contribution >= 0.6 is 0 Å². The molecule has 4 heteroatoms. The molecule has 4 fully saturated rings. The van der Waals surface area contributed by atoms with E-state index in [2.05, 4.69) is 10.3 Å². The SMILES string of the molecule is O=C(NC12CC3CC(CC(C3)C1)C2)c1c(-c2ccccc2)c2ccccc2[nH]c1=O. The molecule has 4 saturated carbocycles. The van der Waals surface area contributed by atoms with Crippen LogP contribution in [-0.2, 0) is 0 Å². The number of benzene rings is 2. The van der Waals surface area contributed by atoms with Gasteiger partial charge in [-0.2, -0.15) is 0 Å². The quantitative estimate of drug-likeness (QED) is 0.660. The van der Waals surface area contributed by atoms with Crippen LogP contribution in [0.2, 0.25) is 0 Å². The highest BCUT2D eigenvalue weighted by Crippen LogP contribution is 2.55. The van der Waals surface area contributed by atoms with Crippen molar-refractivity contribution in [1.29, 1.82) is 0 Å². The summed E-state index contributed by atoms with van der Waals surface area (Å²) in [6.07, 6.45) is 7.16. The van der Waals surface area contributed by atoms with Crippen molar-refractivity contribution in [3.8, 4) is 11.1 Å². The first-order valence-electron chi connectivity index (χ1n) is 11.1. The van der Waals surface area contributed by atoms with E-state index in [0.29, 0.717) is 0 Å². The van der Waals surface area contributed by atoms with Crippen LogP contribution in [-0.4, -0.2) is 16.4 Å². The molecule has 0 aliphatic heterocycles. The van der Waals surface area contributed by atoms with E-state index in [4.69, 9.17) is 0 Å². The molecule has 1 heterocycles. The molecular formula is C26H26N2O2. The largest absolute Gasteiger partial charge is 0.346 e. The summed E-state index contributed by atoms with van der Waals surface area (Å²) in [5, 5.41) is 4.30. The Hall–Kier alpha value is -2.88. The van der Waals surface area contributed by atoms with Crippen LogP contribution in [0.25, 0.3) is 22.0 Å². The first-order chi connectivity index (χ1) is 14.6. The average molecular weight is 399 g/mol. The number of carbonyl (C=O) groups is 1. The van der Waals surface area contributed by atoms with Gasteiger partial charge >= 0.3 is 0 Å². The predicted octanol–water partition coefficient (Wildman–Crippen LogP) is 4.89. The normalized spacial score (nSPS) is 29.3. The minimum Gasteiger partial charge on any atom is -0.346 e. The van der Waals surface area contributed by atoms with Crippen LogP contribution in [0, 0.1) is 17.8 Å². The Morgan fingerprint density at radius 3 is 2.13 bits per heavy atom. The van der Waals surface area contributed by atoms with Gasteiger partial charge in [0.15, 0.2) is 0 Å². The molecule has 3 aromatic rings. The van der Waals surface area contributed by atoms with Gasteiger partial charge in [0.1, 0.15) is 5.56 Å². The number of para-hydroxylation sites is 1. The van der Waals surface area contributed by atoms with Gasteiger partial charge in [0, 0.05) is 22.0 Å². The minimum atomic E-state index is -0.310. The van der Waals surface area contributed by atoms with E-state index < -0.39 is 0 Å². The first kappa shape index (κ1) is 17.9. The summed E-state index contributed by atoms with van der Waals surface area (Å²) in [6.45, 7) is 0. The molecule has 152 valence electrons. The number of aromatic amines is 1. The Morgan fingerprint density at radius 2 is 1.47 bits per heavy atom. The van der Waals surface area contributed by atoms with Gasteiger partial charge in [0.2, 0.25) is 0 Å². The van der Waals surface area contributed by atoms with Gasteiger partial charge in [-0.15, -0.1) is 0 Å². The van der Waals surface area contributed by atoms with E-state index >= 15 is 0 Å². The van der Waals surface area contributed by atoms with Crippen molar-refractivity contribution in [2.45, 2.75) is 44.1 Å². The fourth-order valence-electron chi connectivity index (χ4n) is 6.93. The van der Waals surface area contributed by atoms with Crippen LogP contribution in [0.4, 0.5) is 0 Å². The third kappa shape index (κ3) is 2.81. The highest BCUT2D eigenvalue weighted by Gasteiger charge is 2.51. The zero-order valence-electron chi connectivity index (χ0n) is 17.0. The number of carbonyl (C=O) groups excluding carboxylic acids is 1. The number of fused-ring (bicyclic) bond motifs is 1. The van der Waals surface area contributed by atoms with Gasteiger partial charge in [-0.25, -0.2) is 0 Å². The maximum atomic E-state index is 13.7. The Kier molecular flexibility index (Phi) is 3.92. The Bertz CT molecular complexity index is 1160. The highest BCUT2D eigenvalue weighted by molar-refractivity contribution is 6.08. The summed E-state index contributed by atoms with van der Waals surface area (Å²) in [4.78, 5) is 29.7. The lowest BCUT2D eigenvalue weighted by molar-refractivity contribution is -0.0167. The molecule has 7 rings (SSSR count). The number of hydrogen-bond donors (Lipinski definition) is 2. The summed E-state index contributed by atoms with van der Waals surface area (Å²) >= 11 is 0. The average Bonchev–Trinajstić information content (AvgIpc) is 2.72. The lowest BCUT2D eigenvalue weighted by atomic mass is 9.53. The van der Waals surface area contributed by atoms with Crippen molar-refractivity contribution < 1.29 is 4.79 Å². The molecule has 0 spiro atoms. The zero-order chi connectivity index (χ0) is 20.3. The van der Waals surface area contributed by atoms with E-state index in [9.17, 15) is 9.59 Å². The van der Waals surface area contributed by atoms with Crippen molar-refractivity contribution in [3.05, 3.63) is 70.5 Å². The highest BCUT2D eigenvalue weighted by atomic mass is 16.2. The number of amides is 1. The maximum absolute atomic E-state index is 13.7. The number of H-pyrrole nitrogens is 1. The van der Waals surface area contributed by atoms with Crippen LogP contribution in [0.1, 0.15) is 48.9 Å². The van der Waals surface area contributed by atoms with Crippen LogP contribution in [0.3, 0.4) is 0 Å². The van der Waals surface area contributed by atoms with Gasteiger partial charge in [-0.3, -0.25) is 9.59 Å². The summed E-state index contributed by atoms with van der Waals surface area (Å²) < 4.78 is 0. The molecule has 4 aliphatic rings. The smallest absolute Gasteiger partial charge is 0.261 e. The third-order valence-electron chi connectivity index (χ3n) is 7.63. The molecule has 1 aromatic heterocycles. The van der Waals surface area contributed by atoms with Gasteiger partial charge in [0.05, 0.1) is 0 Å². The second-order valence-electron chi connectivity index (χ2n) is 9.77. The lowest BCUT2D eigenvalue weighted by Crippen LogP contribution is -2.60. The number of aromatic nitrogens is 1. The first-order valence-corrected chi connectivity index (χ1v) is 11.1. The van der Waals surface area contributed by atoms with Crippen molar-refractivity contribution in [3.63, 3.8) is 0 Å². The molecule has 4 aliphatic carbocycles. The fraction of sp³-hybridized carbons (Fsp3) is 0.385. The number of hydrogen-bond acceptors (Lipinski definition) is 2. The van der Waals surface area contributed by atoms with E-state index in [0.717, 1.165) is 59.0 Å².